The van der Waals surface area contributed by atoms with Crippen LogP contribution in [0.5, 0.6) is 0 Å². The quantitative estimate of drug-likeness (QED) is 0.786. The van der Waals surface area contributed by atoms with Crippen LogP contribution < -0.4 is 5.32 Å². The zero-order chi connectivity index (χ0) is 13.8. The minimum Gasteiger partial charge on any atom is -0.445 e. The van der Waals surface area contributed by atoms with Crippen LogP contribution in [-0.2, 0) is 0 Å². The summed E-state index contributed by atoms with van der Waals surface area (Å²) in [6, 6.07) is 16.4. The van der Waals surface area contributed by atoms with E-state index in [1.165, 1.54) is 6.26 Å². The van der Waals surface area contributed by atoms with E-state index >= 15 is 0 Å². The maximum atomic E-state index is 12.0. The van der Waals surface area contributed by atoms with Gasteiger partial charge in [-0.2, -0.15) is 0 Å². The number of benzene rings is 2. The lowest BCUT2D eigenvalue weighted by Gasteiger charge is -2.05. The van der Waals surface area contributed by atoms with Crippen molar-refractivity contribution >= 4 is 11.6 Å². The van der Waals surface area contributed by atoms with Crippen LogP contribution in [0.15, 0.2) is 71.5 Å². The first kappa shape index (κ1) is 12.2. The molecule has 0 aliphatic heterocycles. The molecule has 20 heavy (non-hydrogen) atoms. The van der Waals surface area contributed by atoms with Gasteiger partial charge in [0, 0.05) is 16.8 Å². The van der Waals surface area contributed by atoms with E-state index in [4.69, 9.17) is 4.42 Å². The van der Waals surface area contributed by atoms with Gasteiger partial charge in [-0.1, -0.05) is 18.2 Å². The van der Waals surface area contributed by atoms with E-state index in [9.17, 15) is 4.79 Å². The molecule has 3 aromatic rings. The Balaban J connectivity index is 1.74. The summed E-state index contributed by atoms with van der Waals surface area (Å²) in [6.45, 7) is 0. The van der Waals surface area contributed by atoms with Gasteiger partial charge in [0.1, 0.15) is 6.26 Å². The number of oxazole rings is 1. The smallest absolute Gasteiger partial charge is 0.255 e. The van der Waals surface area contributed by atoms with Gasteiger partial charge in [-0.25, -0.2) is 4.98 Å². The van der Waals surface area contributed by atoms with Gasteiger partial charge in [-0.3, -0.25) is 4.79 Å². The summed E-state index contributed by atoms with van der Waals surface area (Å²) in [5.74, 6) is 0.431. The normalized spacial score (nSPS) is 10.2. The molecular formula is C16H12N2O2. The van der Waals surface area contributed by atoms with Crippen LogP contribution in [0, 0.1) is 0 Å². The van der Waals surface area contributed by atoms with Gasteiger partial charge in [-0.15, -0.1) is 0 Å². The minimum atomic E-state index is -0.130. The fourth-order valence-corrected chi connectivity index (χ4v) is 1.85. The number of nitrogens with one attached hydrogen (secondary N) is 1. The number of hydrogen-bond acceptors (Lipinski definition) is 3. The molecule has 0 spiro atoms. The molecule has 0 unspecified atom stereocenters. The zero-order valence-corrected chi connectivity index (χ0v) is 10.6. The third-order valence-electron chi connectivity index (χ3n) is 2.86. The maximum absolute atomic E-state index is 12.0. The molecule has 1 aromatic heterocycles. The monoisotopic (exact) mass is 264 g/mol. The summed E-state index contributed by atoms with van der Waals surface area (Å²) in [7, 11) is 0. The van der Waals surface area contributed by atoms with Gasteiger partial charge in [-0.05, 0) is 36.4 Å². The van der Waals surface area contributed by atoms with E-state index in [1.807, 2.05) is 42.5 Å². The predicted octanol–water partition coefficient (Wildman–Crippen LogP) is 3.59. The number of aromatic nitrogens is 1. The average Bonchev–Trinajstić information content (AvgIpc) is 3.03. The molecule has 1 amide bonds. The highest BCUT2D eigenvalue weighted by molar-refractivity contribution is 6.04. The van der Waals surface area contributed by atoms with Crippen LogP contribution in [0.25, 0.3) is 11.5 Å². The van der Waals surface area contributed by atoms with E-state index in [0.29, 0.717) is 11.5 Å². The standard InChI is InChI=1S/C16H12N2O2/c19-15(12-4-2-1-3-5-12)18-14-8-6-13(7-9-14)16-17-10-11-20-16/h1-11H,(H,18,19). The van der Waals surface area contributed by atoms with Gasteiger partial charge in [0.2, 0.25) is 5.89 Å². The molecule has 0 saturated carbocycles. The first-order chi connectivity index (χ1) is 9.83. The molecule has 1 N–H and O–H groups in total. The van der Waals surface area contributed by atoms with Crippen molar-refractivity contribution in [2.24, 2.45) is 0 Å². The SMILES string of the molecule is O=C(Nc1ccc(-c2ncco2)cc1)c1ccccc1. The van der Waals surface area contributed by atoms with Crippen molar-refractivity contribution in [3.8, 4) is 11.5 Å². The number of nitrogens with zero attached hydrogens (tertiary/aromatic N) is 1. The van der Waals surface area contributed by atoms with Gasteiger partial charge in [0.15, 0.2) is 0 Å². The van der Waals surface area contributed by atoms with Crippen molar-refractivity contribution in [1.82, 2.24) is 4.98 Å². The van der Waals surface area contributed by atoms with Gasteiger partial charge in [0.05, 0.1) is 6.20 Å². The van der Waals surface area contributed by atoms with Gasteiger partial charge >= 0.3 is 0 Å². The minimum absolute atomic E-state index is 0.130. The highest BCUT2D eigenvalue weighted by atomic mass is 16.3. The summed E-state index contributed by atoms with van der Waals surface area (Å²) >= 11 is 0. The van der Waals surface area contributed by atoms with Crippen molar-refractivity contribution in [2.75, 3.05) is 5.32 Å². The second kappa shape index (κ2) is 5.40. The average molecular weight is 264 g/mol. The Bertz CT molecular complexity index is 689. The number of carbonyl (C=O) groups excluding carboxylic acids is 1. The van der Waals surface area contributed by atoms with Crippen LogP contribution in [0.1, 0.15) is 10.4 Å². The number of carbonyl (C=O) groups is 1. The molecule has 2 aromatic carbocycles. The van der Waals surface area contributed by atoms with Crippen LogP contribution in [-0.4, -0.2) is 10.9 Å². The second-order valence-electron chi connectivity index (χ2n) is 4.23. The Morgan fingerprint density at radius 1 is 1.00 bits per heavy atom. The molecule has 0 aliphatic carbocycles. The molecule has 0 saturated heterocycles. The second-order valence-corrected chi connectivity index (χ2v) is 4.23. The molecule has 0 bridgehead atoms. The molecule has 3 rings (SSSR count). The molecule has 98 valence electrons. The third-order valence-corrected chi connectivity index (χ3v) is 2.86. The molecule has 4 heteroatoms. The molecule has 0 aliphatic rings. The first-order valence-electron chi connectivity index (χ1n) is 6.19. The van der Waals surface area contributed by atoms with Crippen LogP contribution >= 0.6 is 0 Å². The Morgan fingerprint density at radius 2 is 1.75 bits per heavy atom. The molecule has 0 atom stereocenters. The lowest BCUT2D eigenvalue weighted by molar-refractivity contribution is 0.102. The summed E-state index contributed by atoms with van der Waals surface area (Å²) in [4.78, 5) is 16.1. The zero-order valence-electron chi connectivity index (χ0n) is 10.6. The van der Waals surface area contributed by atoms with E-state index in [1.54, 1.807) is 18.3 Å². The van der Waals surface area contributed by atoms with E-state index in [0.717, 1.165) is 11.3 Å². The molecule has 4 nitrogen and oxygen atoms in total. The van der Waals surface area contributed by atoms with Crippen molar-refractivity contribution in [1.29, 1.82) is 0 Å². The molecule has 0 radical (unpaired) electrons. The van der Waals surface area contributed by atoms with Gasteiger partial charge in [0.25, 0.3) is 5.91 Å². The summed E-state index contributed by atoms with van der Waals surface area (Å²) in [5, 5.41) is 2.84. The number of rotatable bonds is 3. The molecular weight excluding hydrogens is 252 g/mol. The third kappa shape index (κ3) is 2.59. The topological polar surface area (TPSA) is 55.1 Å². The summed E-state index contributed by atoms with van der Waals surface area (Å²) in [5.41, 5.74) is 2.23. The molecule has 1 heterocycles. The van der Waals surface area contributed by atoms with Crippen LogP contribution in [0.3, 0.4) is 0 Å². The first-order valence-corrected chi connectivity index (χ1v) is 6.19. The van der Waals surface area contributed by atoms with Crippen molar-refractivity contribution in [3.05, 3.63) is 72.6 Å². The summed E-state index contributed by atoms with van der Waals surface area (Å²) in [6.07, 6.45) is 3.13. The fourth-order valence-electron chi connectivity index (χ4n) is 1.85. The maximum Gasteiger partial charge on any atom is 0.255 e. The van der Waals surface area contributed by atoms with Crippen LogP contribution in [0.2, 0.25) is 0 Å². The Morgan fingerprint density at radius 3 is 2.40 bits per heavy atom. The summed E-state index contributed by atoms with van der Waals surface area (Å²) < 4.78 is 5.21. The lowest BCUT2D eigenvalue weighted by atomic mass is 10.2. The van der Waals surface area contributed by atoms with E-state index in [-0.39, 0.29) is 5.91 Å². The fraction of sp³-hybridized carbons (Fsp3) is 0. The van der Waals surface area contributed by atoms with E-state index in [2.05, 4.69) is 10.3 Å². The van der Waals surface area contributed by atoms with Crippen LogP contribution in [0.4, 0.5) is 5.69 Å². The Labute approximate surface area is 116 Å². The lowest BCUT2D eigenvalue weighted by Crippen LogP contribution is -2.11. The van der Waals surface area contributed by atoms with Gasteiger partial charge < -0.3 is 9.73 Å². The number of hydrogen-bond donors (Lipinski definition) is 1. The van der Waals surface area contributed by atoms with Crippen molar-refractivity contribution in [3.63, 3.8) is 0 Å². The van der Waals surface area contributed by atoms with E-state index < -0.39 is 0 Å². The van der Waals surface area contributed by atoms with Crippen molar-refractivity contribution < 1.29 is 9.21 Å². The highest BCUT2D eigenvalue weighted by Gasteiger charge is 2.06. The Hall–Kier alpha value is -2.88. The number of anilines is 1. The Kier molecular flexibility index (Phi) is 3.29. The number of amides is 1. The molecule has 0 fully saturated rings. The van der Waals surface area contributed by atoms with Crippen molar-refractivity contribution in [2.45, 2.75) is 0 Å². The largest absolute Gasteiger partial charge is 0.445 e. The predicted molar refractivity (Wildman–Crippen MR) is 76.3 cm³/mol. The highest BCUT2D eigenvalue weighted by Crippen LogP contribution is 2.19.